The van der Waals surface area contributed by atoms with Crippen molar-refractivity contribution in [2.75, 3.05) is 27.2 Å². The standard InChI is InChI=1S/C11H22N2O2/c1-5-10(11(14)15)6-7-12-8-9(2)13(3)4/h6,9,12H,5,7-8H2,1-4H3,(H,14,15). The van der Waals surface area contributed by atoms with Crippen molar-refractivity contribution in [1.29, 1.82) is 0 Å². The molecule has 88 valence electrons. The van der Waals surface area contributed by atoms with Crippen LogP contribution in [0.2, 0.25) is 0 Å². The van der Waals surface area contributed by atoms with Crippen molar-refractivity contribution in [3.05, 3.63) is 11.6 Å². The van der Waals surface area contributed by atoms with Crippen LogP contribution in [0.15, 0.2) is 11.6 Å². The van der Waals surface area contributed by atoms with Crippen LogP contribution in [0.1, 0.15) is 20.3 Å². The van der Waals surface area contributed by atoms with Gasteiger partial charge in [0.15, 0.2) is 0 Å². The van der Waals surface area contributed by atoms with Gasteiger partial charge in [0.1, 0.15) is 0 Å². The maximum Gasteiger partial charge on any atom is 0.331 e. The Labute approximate surface area is 92.0 Å². The molecule has 0 amide bonds. The minimum Gasteiger partial charge on any atom is -0.478 e. The Morgan fingerprint density at radius 1 is 1.53 bits per heavy atom. The Bertz CT molecular complexity index is 225. The van der Waals surface area contributed by atoms with Gasteiger partial charge in [0, 0.05) is 24.7 Å². The van der Waals surface area contributed by atoms with Gasteiger partial charge in [-0.2, -0.15) is 0 Å². The number of hydrogen-bond donors (Lipinski definition) is 2. The lowest BCUT2D eigenvalue weighted by Gasteiger charge is -2.19. The fourth-order valence-electron chi connectivity index (χ4n) is 1.05. The van der Waals surface area contributed by atoms with Gasteiger partial charge in [-0.15, -0.1) is 0 Å². The first-order valence-corrected chi connectivity index (χ1v) is 5.28. The second kappa shape index (κ2) is 7.43. The molecule has 4 nitrogen and oxygen atoms in total. The van der Waals surface area contributed by atoms with Crippen molar-refractivity contribution >= 4 is 5.97 Å². The number of carboxylic acids is 1. The first-order valence-electron chi connectivity index (χ1n) is 5.28. The molecule has 0 aliphatic heterocycles. The van der Waals surface area contributed by atoms with E-state index in [2.05, 4.69) is 17.1 Å². The average molecular weight is 214 g/mol. The predicted molar refractivity (Wildman–Crippen MR) is 62.0 cm³/mol. The lowest BCUT2D eigenvalue weighted by atomic mass is 10.2. The van der Waals surface area contributed by atoms with E-state index in [1.165, 1.54) is 0 Å². The van der Waals surface area contributed by atoms with Crippen LogP contribution in [0.5, 0.6) is 0 Å². The summed E-state index contributed by atoms with van der Waals surface area (Å²) in [4.78, 5) is 12.8. The SMILES string of the molecule is CCC(=CCNCC(C)N(C)C)C(=O)O. The molecule has 0 aromatic heterocycles. The van der Waals surface area contributed by atoms with Crippen LogP contribution < -0.4 is 5.32 Å². The molecule has 0 aromatic rings. The largest absolute Gasteiger partial charge is 0.478 e. The van der Waals surface area contributed by atoms with Gasteiger partial charge in [-0.25, -0.2) is 4.79 Å². The molecule has 0 fully saturated rings. The van der Waals surface area contributed by atoms with Gasteiger partial charge in [-0.1, -0.05) is 13.0 Å². The summed E-state index contributed by atoms with van der Waals surface area (Å²) in [6, 6.07) is 0.452. The monoisotopic (exact) mass is 214 g/mol. The van der Waals surface area contributed by atoms with E-state index >= 15 is 0 Å². The topological polar surface area (TPSA) is 52.6 Å². The molecule has 0 rings (SSSR count). The quantitative estimate of drug-likeness (QED) is 0.489. The summed E-state index contributed by atoms with van der Waals surface area (Å²) in [5, 5.41) is 12.0. The highest BCUT2D eigenvalue weighted by Gasteiger charge is 2.04. The number of carbonyl (C=O) groups is 1. The second-order valence-corrected chi connectivity index (χ2v) is 3.86. The van der Waals surface area contributed by atoms with E-state index < -0.39 is 5.97 Å². The van der Waals surface area contributed by atoms with Crippen molar-refractivity contribution in [3.8, 4) is 0 Å². The molecular weight excluding hydrogens is 192 g/mol. The molecule has 0 saturated carbocycles. The van der Waals surface area contributed by atoms with Crippen molar-refractivity contribution in [2.45, 2.75) is 26.3 Å². The Balaban J connectivity index is 3.82. The second-order valence-electron chi connectivity index (χ2n) is 3.86. The highest BCUT2D eigenvalue weighted by atomic mass is 16.4. The normalized spacial score (nSPS) is 14.3. The van der Waals surface area contributed by atoms with Gasteiger partial charge < -0.3 is 15.3 Å². The Hall–Kier alpha value is -0.870. The van der Waals surface area contributed by atoms with Crippen LogP contribution in [-0.2, 0) is 4.79 Å². The van der Waals surface area contributed by atoms with Crippen LogP contribution in [0.4, 0.5) is 0 Å². The smallest absolute Gasteiger partial charge is 0.331 e. The van der Waals surface area contributed by atoms with Crippen molar-refractivity contribution in [2.24, 2.45) is 0 Å². The van der Waals surface area contributed by atoms with Gasteiger partial charge in [0.25, 0.3) is 0 Å². The molecule has 2 N–H and O–H groups in total. The van der Waals surface area contributed by atoms with Gasteiger partial charge >= 0.3 is 5.97 Å². The van der Waals surface area contributed by atoms with Gasteiger partial charge in [0.05, 0.1) is 0 Å². The first-order chi connectivity index (χ1) is 6.99. The molecule has 1 unspecified atom stereocenters. The third-order valence-electron chi connectivity index (χ3n) is 2.47. The van der Waals surface area contributed by atoms with E-state index in [4.69, 9.17) is 5.11 Å². The number of likely N-dealkylation sites (N-methyl/N-ethyl adjacent to an activating group) is 1. The van der Waals surface area contributed by atoms with Gasteiger partial charge in [-0.3, -0.25) is 0 Å². The molecule has 0 bridgehead atoms. The van der Waals surface area contributed by atoms with Crippen LogP contribution in [0.25, 0.3) is 0 Å². The van der Waals surface area contributed by atoms with Crippen molar-refractivity contribution < 1.29 is 9.90 Å². The van der Waals surface area contributed by atoms with Crippen LogP contribution in [0, 0.1) is 0 Å². The summed E-state index contributed by atoms with van der Waals surface area (Å²) in [6.07, 6.45) is 2.31. The minimum absolute atomic E-state index is 0.452. The predicted octanol–water partition coefficient (Wildman–Crippen LogP) is 0.947. The number of rotatable bonds is 7. The highest BCUT2D eigenvalue weighted by Crippen LogP contribution is 1.98. The van der Waals surface area contributed by atoms with Crippen LogP contribution >= 0.6 is 0 Å². The summed E-state index contributed by atoms with van der Waals surface area (Å²) >= 11 is 0. The lowest BCUT2D eigenvalue weighted by molar-refractivity contribution is -0.132. The molecule has 0 heterocycles. The fourth-order valence-corrected chi connectivity index (χ4v) is 1.05. The Morgan fingerprint density at radius 3 is 2.53 bits per heavy atom. The number of carboxylic acid groups (broad SMARTS) is 1. The molecule has 0 spiro atoms. The Kier molecular flexibility index (Phi) is 6.99. The van der Waals surface area contributed by atoms with E-state index in [1.54, 1.807) is 6.08 Å². The molecule has 0 saturated heterocycles. The maximum absolute atomic E-state index is 10.7. The van der Waals surface area contributed by atoms with E-state index in [-0.39, 0.29) is 0 Å². The van der Waals surface area contributed by atoms with Crippen LogP contribution in [0.3, 0.4) is 0 Å². The highest BCUT2D eigenvalue weighted by molar-refractivity contribution is 5.86. The molecule has 0 aliphatic rings. The van der Waals surface area contributed by atoms with E-state index in [0.29, 0.717) is 24.6 Å². The minimum atomic E-state index is -0.819. The van der Waals surface area contributed by atoms with Gasteiger partial charge in [0.2, 0.25) is 0 Å². The first kappa shape index (κ1) is 14.1. The van der Waals surface area contributed by atoms with E-state index in [0.717, 1.165) is 6.54 Å². The third-order valence-corrected chi connectivity index (χ3v) is 2.47. The zero-order valence-corrected chi connectivity index (χ0v) is 10.1. The number of aliphatic carboxylic acids is 1. The summed E-state index contributed by atoms with van der Waals surface area (Å²) in [7, 11) is 4.05. The van der Waals surface area contributed by atoms with Crippen molar-refractivity contribution in [3.63, 3.8) is 0 Å². The molecule has 0 aliphatic carbocycles. The molecule has 0 aromatic carbocycles. The van der Waals surface area contributed by atoms with Crippen LogP contribution in [-0.4, -0.2) is 49.2 Å². The lowest BCUT2D eigenvalue weighted by Crippen LogP contribution is -2.35. The van der Waals surface area contributed by atoms with E-state index in [1.807, 2.05) is 21.0 Å². The number of nitrogens with zero attached hydrogens (tertiary/aromatic N) is 1. The molecule has 0 radical (unpaired) electrons. The fraction of sp³-hybridized carbons (Fsp3) is 0.727. The summed E-state index contributed by atoms with van der Waals surface area (Å²) < 4.78 is 0. The average Bonchev–Trinajstić information content (AvgIpc) is 2.16. The number of nitrogens with one attached hydrogen (secondary N) is 1. The van der Waals surface area contributed by atoms with Crippen molar-refractivity contribution in [1.82, 2.24) is 10.2 Å². The zero-order chi connectivity index (χ0) is 11.8. The molecule has 1 atom stereocenters. The van der Waals surface area contributed by atoms with E-state index in [9.17, 15) is 4.79 Å². The Morgan fingerprint density at radius 2 is 2.13 bits per heavy atom. The third kappa shape index (κ3) is 6.25. The number of hydrogen-bond acceptors (Lipinski definition) is 3. The zero-order valence-electron chi connectivity index (χ0n) is 10.1. The molecule has 4 heteroatoms. The summed E-state index contributed by atoms with van der Waals surface area (Å²) in [5.41, 5.74) is 0.472. The molecule has 15 heavy (non-hydrogen) atoms. The summed E-state index contributed by atoms with van der Waals surface area (Å²) in [6.45, 7) is 5.45. The maximum atomic E-state index is 10.7. The molecular formula is C11H22N2O2. The van der Waals surface area contributed by atoms with Gasteiger partial charge in [-0.05, 0) is 27.4 Å². The summed E-state index contributed by atoms with van der Waals surface area (Å²) in [5.74, 6) is -0.819.